The predicted molar refractivity (Wildman–Crippen MR) is 82.1 cm³/mol. The first kappa shape index (κ1) is 13.5. The van der Waals surface area contributed by atoms with Gasteiger partial charge in [0.25, 0.3) is 0 Å². The first-order valence-corrected chi connectivity index (χ1v) is 7.44. The molecule has 106 valence electrons. The molecule has 1 aliphatic heterocycles. The van der Waals surface area contributed by atoms with Gasteiger partial charge >= 0.3 is 0 Å². The number of hydrogen-bond donors (Lipinski definition) is 1. The van der Waals surface area contributed by atoms with Gasteiger partial charge in [-0.05, 0) is 50.5 Å². The highest BCUT2D eigenvalue weighted by Gasteiger charge is 2.36. The fourth-order valence-electron chi connectivity index (χ4n) is 3.04. The van der Waals surface area contributed by atoms with Crippen LogP contribution in [0.2, 0.25) is 5.02 Å². The highest BCUT2D eigenvalue weighted by Crippen LogP contribution is 2.34. The molecule has 3 nitrogen and oxygen atoms in total. The first-order chi connectivity index (χ1) is 9.50. The average molecular weight is 291 g/mol. The summed E-state index contributed by atoms with van der Waals surface area (Å²) in [7, 11) is 0. The Kier molecular flexibility index (Phi) is 3.25. The average Bonchev–Trinajstić information content (AvgIpc) is 3.06. The number of H-pyrrole nitrogens is 1. The van der Waals surface area contributed by atoms with Gasteiger partial charge in [0.2, 0.25) is 5.91 Å². The third-order valence-corrected chi connectivity index (χ3v) is 4.48. The molecule has 1 fully saturated rings. The molecule has 0 unspecified atom stereocenters. The number of carbonyl (C=O) groups excluding carboxylic acids is 1. The van der Waals surface area contributed by atoms with E-state index in [1.54, 1.807) is 0 Å². The smallest absolute Gasteiger partial charge is 0.232 e. The number of rotatable bonds is 2. The third-order valence-electron chi connectivity index (χ3n) is 4.25. The Morgan fingerprint density at radius 3 is 2.70 bits per heavy atom. The van der Waals surface area contributed by atoms with Crippen molar-refractivity contribution in [2.75, 3.05) is 13.1 Å². The van der Waals surface area contributed by atoms with Crippen LogP contribution in [0.25, 0.3) is 10.9 Å². The molecule has 1 aromatic carbocycles. The van der Waals surface area contributed by atoms with Crippen molar-refractivity contribution in [2.24, 2.45) is 0 Å². The van der Waals surface area contributed by atoms with Crippen LogP contribution in [0.5, 0.6) is 0 Å². The largest absolute Gasteiger partial charge is 0.361 e. The maximum Gasteiger partial charge on any atom is 0.232 e. The zero-order valence-electron chi connectivity index (χ0n) is 11.9. The Balaban J connectivity index is 2.03. The number of fused-ring (bicyclic) bond motifs is 1. The van der Waals surface area contributed by atoms with E-state index < -0.39 is 5.41 Å². The van der Waals surface area contributed by atoms with E-state index in [-0.39, 0.29) is 5.91 Å². The van der Waals surface area contributed by atoms with E-state index in [1.165, 1.54) is 0 Å². The normalized spacial score (nSPS) is 16.1. The van der Waals surface area contributed by atoms with Crippen molar-refractivity contribution in [1.29, 1.82) is 0 Å². The van der Waals surface area contributed by atoms with Crippen molar-refractivity contribution < 1.29 is 4.79 Å². The zero-order chi connectivity index (χ0) is 14.3. The van der Waals surface area contributed by atoms with Gasteiger partial charge in [0, 0.05) is 35.2 Å². The fourth-order valence-corrected chi connectivity index (χ4v) is 3.21. The van der Waals surface area contributed by atoms with Gasteiger partial charge in [-0.1, -0.05) is 11.6 Å². The molecule has 20 heavy (non-hydrogen) atoms. The van der Waals surface area contributed by atoms with E-state index in [2.05, 4.69) is 4.98 Å². The lowest BCUT2D eigenvalue weighted by atomic mass is 9.83. The van der Waals surface area contributed by atoms with Gasteiger partial charge in [0.15, 0.2) is 0 Å². The molecule has 1 aromatic heterocycles. The number of benzene rings is 1. The molecule has 0 saturated carbocycles. The Morgan fingerprint density at radius 1 is 1.30 bits per heavy atom. The molecule has 0 atom stereocenters. The second kappa shape index (κ2) is 4.81. The molecule has 0 aliphatic carbocycles. The van der Waals surface area contributed by atoms with E-state index in [0.717, 1.165) is 42.4 Å². The summed E-state index contributed by atoms with van der Waals surface area (Å²) < 4.78 is 0. The van der Waals surface area contributed by atoms with E-state index >= 15 is 0 Å². The summed E-state index contributed by atoms with van der Waals surface area (Å²) in [5, 5.41) is 1.73. The zero-order valence-corrected chi connectivity index (χ0v) is 12.6. The predicted octanol–water partition coefficient (Wildman–Crippen LogP) is 3.72. The maximum absolute atomic E-state index is 12.8. The summed E-state index contributed by atoms with van der Waals surface area (Å²) in [5.74, 6) is 0.205. The Bertz CT molecular complexity index is 654. The van der Waals surface area contributed by atoms with E-state index in [9.17, 15) is 4.79 Å². The van der Waals surface area contributed by atoms with E-state index in [4.69, 9.17) is 11.6 Å². The summed E-state index contributed by atoms with van der Waals surface area (Å²) in [5.41, 5.74) is 1.51. The fraction of sp³-hybridized carbons (Fsp3) is 0.438. The lowest BCUT2D eigenvalue weighted by Crippen LogP contribution is -2.41. The number of halogens is 1. The molecule has 1 saturated heterocycles. The van der Waals surface area contributed by atoms with Gasteiger partial charge in [0.1, 0.15) is 0 Å². The van der Waals surface area contributed by atoms with Crippen molar-refractivity contribution in [3.05, 3.63) is 35.0 Å². The number of nitrogens with zero attached hydrogens (tertiary/aromatic N) is 1. The molecule has 3 rings (SSSR count). The van der Waals surface area contributed by atoms with Crippen LogP contribution in [-0.4, -0.2) is 28.9 Å². The van der Waals surface area contributed by atoms with Crippen LogP contribution in [0.4, 0.5) is 0 Å². The maximum atomic E-state index is 12.8. The molecular weight excluding hydrogens is 272 g/mol. The lowest BCUT2D eigenvalue weighted by molar-refractivity contribution is -0.135. The summed E-state index contributed by atoms with van der Waals surface area (Å²) >= 11 is 6.10. The number of carbonyl (C=O) groups is 1. The van der Waals surface area contributed by atoms with Gasteiger partial charge < -0.3 is 9.88 Å². The van der Waals surface area contributed by atoms with E-state index in [0.29, 0.717) is 5.02 Å². The highest BCUT2D eigenvalue weighted by molar-refractivity contribution is 6.31. The van der Waals surface area contributed by atoms with Crippen LogP contribution in [0.1, 0.15) is 32.3 Å². The third kappa shape index (κ3) is 2.10. The molecule has 4 heteroatoms. The molecule has 2 aromatic rings. The van der Waals surface area contributed by atoms with Crippen LogP contribution >= 0.6 is 11.6 Å². The van der Waals surface area contributed by atoms with Gasteiger partial charge in [-0.25, -0.2) is 0 Å². The Hall–Kier alpha value is -1.48. The lowest BCUT2D eigenvalue weighted by Gasteiger charge is -2.29. The molecule has 0 bridgehead atoms. The Labute approximate surface area is 123 Å². The van der Waals surface area contributed by atoms with Gasteiger partial charge in [-0.3, -0.25) is 4.79 Å². The number of aromatic nitrogens is 1. The molecule has 1 amide bonds. The number of amides is 1. The number of aromatic amines is 1. The summed E-state index contributed by atoms with van der Waals surface area (Å²) in [6.45, 7) is 5.76. The SMILES string of the molecule is CC(C)(C(=O)N1CCCC1)c1c[nH]c2ccc(Cl)cc12. The van der Waals surface area contributed by atoms with E-state index in [1.807, 2.05) is 43.1 Å². The highest BCUT2D eigenvalue weighted by atomic mass is 35.5. The van der Waals surface area contributed by atoms with Crippen molar-refractivity contribution in [3.63, 3.8) is 0 Å². The van der Waals surface area contributed by atoms with Crippen molar-refractivity contribution in [3.8, 4) is 0 Å². The minimum absolute atomic E-state index is 0.205. The van der Waals surface area contributed by atoms with Crippen LogP contribution in [0.3, 0.4) is 0 Å². The van der Waals surface area contributed by atoms with Crippen molar-refractivity contribution in [2.45, 2.75) is 32.1 Å². The summed E-state index contributed by atoms with van der Waals surface area (Å²) in [6, 6.07) is 5.75. The summed E-state index contributed by atoms with van der Waals surface area (Å²) in [4.78, 5) is 18.0. The second-order valence-corrected chi connectivity index (χ2v) is 6.45. The molecule has 2 heterocycles. The van der Waals surface area contributed by atoms with Crippen LogP contribution in [0.15, 0.2) is 24.4 Å². The molecular formula is C16H19ClN2O. The van der Waals surface area contributed by atoms with Crippen molar-refractivity contribution in [1.82, 2.24) is 9.88 Å². The first-order valence-electron chi connectivity index (χ1n) is 7.06. The molecule has 1 N–H and O–H groups in total. The van der Waals surface area contributed by atoms with Crippen LogP contribution < -0.4 is 0 Å². The number of hydrogen-bond acceptors (Lipinski definition) is 1. The molecule has 1 aliphatic rings. The molecule has 0 spiro atoms. The van der Waals surface area contributed by atoms with Crippen molar-refractivity contribution >= 4 is 28.4 Å². The topological polar surface area (TPSA) is 36.1 Å². The quantitative estimate of drug-likeness (QED) is 0.899. The second-order valence-electron chi connectivity index (χ2n) is 6.02. The minimum Gasteiger partial charge on any atom is -0.361 e. The van der Waals surface area contributed by atoms with Gasteiger partial charge in [-0.2, -0.15) is 0 Å². The number of likely N-dealkylation sites (tertiary alicyclic amines) is 1. The minimum atomic E-state index is -0.534. The molecule has 0 radical (unpaired) electrons. The van der Waals surface area contributed by atoms with Gasteiger partial charge in [-0.15, -0.1) is 0 Å². The Morgan fingerprint density at radius 2 is 2.00 bits per heavy atom. The standard InChI is InChI=1S/C16H19ClN2O/c1-16(2,15(20)19-7-3-4-8-19)13-10-18-14-6-5-11(17)9-12(13)14/h5-6,9-10,18H,3-4,7-8H2,1-2H3. The summed E-state index contributed by atoms with van der Waals surface area (Å²) in [6.07, 6.45) is 4.16. The van der Waals surface area contributed by atoms with Crippen LogP contribution in [0, 0.1) is 0 Å². The monoisotopic (exact) mass is 290 g/mol. The number of nitrogens with one attached hydrogen (secondary N) is 1. The van der Waals surface area contributed by atoms with Gasteiger partial charge in [0.05, 0.1) is 5.41 Å². The van der Waals surface area contributed by atoms with Crippen LogP contribution in [-0.2, 0) is 10.2 Å².